The Labute approximate surface area is 165 Å². The maximum atomic E-state index is 12.8. The Kier molecular flexibility index (Phi) is 7.95. The van der Waals surface area contributed by atoms with Gasteiger partial charge in [-0.15, -0.1) is 0 Å². The molecule has 0 aliphatic heterocycles. The van der Waals surface area contributed by atoms with Crippen molar-refractivity contribution in [3.63, 3.8) is 0 Å². The van der Waals surface area contributed by atoms with Gasteiger partial charge in [0.2, 0.25) is 0 Å². The summed E-state index contributed by atoms with van der Waals surface area (Å²) < 4.78 is 5.45. The van der Waals surface area contributed by atoms with Crippen LogP contribution in [0.2, 0.25) is 0 Å². The number of carbonyl (C=O) groups is 1. The summed E-state index contributed by atoms with van der Waals surface area (Å²) in [4.78, 5) is 12.8. The van der Waals surface area contributed by atoms with E-state index in [1.807, 2.05) is 45.0 Å². The monoisotopic (exact) mass is 349 g/mol. The molecule has 0 N–H and O–H groups in total. The van der Waals surface area contributed by atoms with E-state index in [1.54, 1.807) is 0 Å². The van der Waals surface area contributed by atoms with Gasteiger partial charge < -0.3 is 4.74 Å². The molecule has 2 nitrogen and oxygen atoms in total. The van der Waals surface area contributed by atoms with Gasteiger partial charge in [-0.1, -0.05) is 45.0 Å². The zero-order valence-electron chi connectivity index (χ0n) is 16.5. The van der Waals surface area contributed by atoms with Crippen molar-refractivity contribution in [2.75, 3.05) is 6.61 Å². The Morgan fingerprint density at radius 3 is 2.00 bits per heavy atom. The minimum Gasteiger partial charge on any atom is -0.494 e. The van der Waals surface area contributed by atoms with E-state index in [1.165, 1.54) is 5.56 Å². The topological polar surface area (TPSA) is 26.3 Å². The molecule has 25 heavy (non-hydrogen) atoms. The molecule has 0 heterocycles. The summed E-state index contributed by atoms with van der Waals surface area (Å²) in [7, 11) is 0.136. The van der Waals surface area contributed by atoms with Crippen LogP contribution in [-0.2, 0) is 5.41 Å². The molecule has 1 atom stereocenters. The van der Waals surface area contributed by atoms with Crippen LogP contribution in [0.3, 0.4) is 0 Å². The molecule has 0 aromatic heterocycles. The largest absolute Gasteiger partial charge is 0.494 e. The first-order valence-electron chi connectivity index (χ1n) is 8.38. The summed E-state index contributed by atoms with van der Waals surface area (Å²) in [5.41, 5.74) is 4.59. The van der Waals surface area contributed by atoms with E-state index < -0.39 is 0 Å². The molecular weight excluding hydrogens is 322 g/mol. The average molecular weight is 349 g/mol. The van der Waals surface area contributed by atoms with Crippen molar-refractivity contribution in [3.05, 3.63) is 58.7 Å². The Morgan fingerprint density at radius 1 is 1.04 bits per heavy atom. The quantitative estimate of drug-likeness (QED) is 0.574. The summed E-state index contributed by atoms with van der Waals surface area (Å²) in [6, 6.07) is 12.1. The predicted molar refractivity (Wildman–Crippen MR) is 110 cm³/mol. The van der Waals surface area contributed by atoms with Gasteiger partial charge in [0, 0.05) is 24.4 Å². The second-order valence-electron chi connectivity index (χ2n) is 7.15. The molecule has 0 spiro atoms. The van der Waals surface area contributed by atoms with E-state index in [0.29, 0.717) is 6.61 Å². The van der Waals surface area contributed by atoms with Crippen LogP contribution in [0, 0.1) is 13.8 Å². The van der Waals surface area contributed by atoms with Gasteiger partial charge in [-0.3, -0.25) is 4.79 Å². The SMILES string of the molecule is CCOc1ccc(PC(=O)c2c(C)cc(C(C)(C)C)cc2C)cc1.[Li]. The van der Waals surface area contributed by atoms with Crippen LogP contribution in [-0.4, -0.2) is 31.0 Å². The van der Waals surface area contributed by atoms with Gasteiger partial charge in [0.15, 0.2) is 5.52 Å². The van der Waals surface area contributed by atoms with Crippen LogP contribution in [0.5, 0.6) is 5.75 Å². The van der Waals surface area contributed by atoms with Crippen LogP contribution in [0.15, 0.2) is 36.4 Å². The molecule has 2 aromatic rings. The van der Waals surface area contributed by atoms with Crippen molar-refractivity contribution in [2.24, 2.45) is 0 Å². The van der Waals surface area contributed by atoms with E-state index in [-0.39, 0.29) is 38.4 Å². The molecule has 1 unspecified atom stereocenters. The van der Waals surface area contributed by atoms with E-state index in [0.717, 1.165) is 27.7 Å². The number of aryl methyl sites for hydroxylation is 2. The minimum atomic E-state index is 0. The van der Waals surface area contributed by atoms with Crippen molar-refractivity contribution < 1.29 is 9.53 Å². The summed E-state index contributed by atoms with van der Waals surface area (Å²) in [5.74, 6) is 0.848. The fourth-order valence-electron chi connectivity index (χ4n) is 2.75. The van der Waals surface area contributed by atoms with E-state index in [2.05, 4.69) is 32.9 Å². The van der Waals surface area contributed by atoms with Gasteiger partial charge in [-0.2, -0.15) is 0 Å². The summed E-state index contributed by atoms with van der Waals surface area (Å²) >= 11 is 0. The Balaban J connectivity index is 0.00000312. The zero-order chi connectivity index (χ0) is 17.9. The summed E-state index contributed by atoms with van der Waals surface area (Å²) in [6.45, 7) is 13.3. The third-order valence-corrected chi connectivity index (χ3v) is 5.15. The standard InChI is InChI=1S/C21H27O2P.Li/c1-7-23-17-8-10-18(11-9-17)24-20(22)19-14(2)12-16(13-15(19)3)21(4,5)6;/h8-13,24H,7H2,1-6H3;. The number of hydrogen-bond donors (Lipinski definition) is 0. The zero-order valence-corrected chi connectivity index (χ0v) is 17.5. The molecule has 0 aliphatic rings. The molecule has 0 fully saturated rings. The molecule has 2 rings (SSSR count). The Hall–Kier alpha value is -1.06. The van der Waals surface area contributed by atoms with Crippen molar-refractivity contribution >= 4 is 38.3 Å². The van der Waals surface area contributed by atoms with Crippen LogP contribution in [0.4, 0.5) is 0 Å². The van der Waals surface area contributed by atoms with Crippen molar-refractivity contribution in [3.8, 4) is 5.75 Å². The van der Waals surface area contributed by atoms with Gasteiger partial charge in [0.05, 0.1) is 6.61 Å². The molecule has 1 radical (unpaired) electrons. The molecule has 0 saturated heterocycles. The van der Waals surface area contributed by atoms with Crippen LogP contribution < -0.4 is 10.0 Å². The van der Waals surface area contributed by atoms with Crippen molar-refractivity contribution in [1.82, 2.24) is 0 Å². The molecule has 4 heteroatoms. The minimum absolute atomic E-state index is 0. The second-order valence-corrected chi connectivity index (χ2v) is 8.43. The van der Waals surface area contributed by atoms with Crippen LogP contribution >= 0.6 is 8.58 Å². The van der Waals surface area contributed by atoms with Crippen molar-refractivity contribution in [2.45, 2.75) is 47.0 Å². The average Bonchev–Trinajstić information content (AvgIpc) is 2.48. The molecule has 0 amide bonds. The number of hydrogen-bond acceptors (Lipinski definition) is 2. The fourth-order valence-corrected chi connectivity index (χ4v) is 3.86. The normalized spacial score (nSPS) is 11.4. The van der Waals surface area contributed by atoms with E-state index in [9.17, 15) is 4.79 Å². The third-order valence-electron chi connectivity index (χ3n) is 4.05. The molecule has 129 valence electrons. The predicted octanol–water partition coefficient (Wildman–Crippen LogP) is 4.76. The van der Waals surface area contributed by atoms with Gasteiger partial charge >= 0.3 is 0 Å². The number of ether oxygens (including phenoxy) is 1. The fraction of sp³-hybridized carbons (Fsp3) is 0.381. The van der Waals surface area contributed by atoms with Gasteiger partial charge in [-0.25, -0.2) is 0 Å². The van der Waals surface area contributed by atoms with Gasteiger partial charge in [0.25, 0.3) is 0 Å². The molecule has 0 saturated carbocycles. The van der Waals surface area contributed by atoms with Crippen LogP contribution in [0.1, 0.15) is 54.7 Å². The van der Waals surface area contributed by atoms with Crippen molar-refractivity contribution in [1.29, 1.82) is 0 Å². The van der Waals surface area contributed by atoms with E-state index >= 15 is 0 Å². The first kappa shape index (κ1) is 22.0. The summed E-state index contributed by atoms with van der Waals surface area (Å²) in [6.07, 6.45) is 0. The maximum Gasteiger partial charge on any atom is 0.186 e. The number of rotatable bonds is 5. The molecule has 2 aromatic carbocycles. The molecular formula is C21H27LiO2P. The molecule has 0 aliphatic carbocycles. The Morgan fingerprint density at radius 2 is 1.56 bits per heavy atom. The maximum absolute atomic E-state index is 12.8. The number of benzene rings is 2. The van der Waals surface area contributed by atoms with E-state index in [4.69, 9.17) is 4.74 Å². The van der Waals surface area contributed by atoms with Gasteiger partial charge in [0.1, 0.15) is 5.75 Å². The number of carbonyl (C=O) groups excluding carboxylic acids is 1. The van der Waals surface area contributed by atoms with Gasteiger partial charge in [-0.05, 0) is 68.9 Å². The first-order valence-corrected chi connectivity index (χ1v) is 9.38. The smallest absolute Gasteiger partial charge is 0.186 e. The van der Waals surface area contributed by atoms with Crippen LogP contribution in [0.25, 0.3) is 0 Å². The molecule has 0 bridgehead atoms. The second kappa shape index (κ2) is 9.04. The first-order chi connectivity index (χ1) is 11.2. The third kappa shape index (κ3) is 5.72. The Bertz CT molecular complexity index is 708. The summed E-state index contributed by atoms with van der Waals surface area (Å²) in [5, 5.41) is 1.04.